The average Bonchev–Trinajstić information content (AvgIpc) is 2.31. The largest absolute Gasteiger partial charge is 0.458 e. The van der Waals surface area contributed by atoms with Crippen molar-refractivity contribution in [2.75, 3.05) is 6.61 Å². The smallest absolute Gasteiger partial charge is 0.394 e. The van der Waals surface area contributed by atoms with Gasteiger partial charge in [0, 0.05) is 0 Å². The van der Waals surface area contributed by atoms with Gasteiger partial charge in [-0.2, -0.15) is 13.2 Å². The van der Waals surface area contributed by atoms with Gasteiger partial charge in [-0.25, -0.2) is 0 Å². The van der Waals surface area contributed by atoms with Gasteiger partial charge < -0.3 is 25.5 Å². The molecule has 106 valence electrons. The topological polar surface area (TPSA) is 135 Å². The fraction of sp³-hybridized carbons (Fsp3) is 0.750. The molecule has 0 fully saturated rings. The maximum Gasteiger partial charge on any atom is 0.458 e. The number of hydrogen-bond donors (Lipinski definition) is 5. The molecular weight excluding hydrogens is 265 g/mol. The predicted octanol–water partition coefficient (Wildman–Crippen LogP) is -2.88. The number of aliphatic hydroxyl groups is 5. The Balaban J connectivity index is 4.80. The lowest BCUT2D eigenvalue weighted by molar-refractivity contribution is -0.181. The lowest BCUT2D eigenvalue weighted by Crippen LogP contribution is -2.51. The van der Waals surface area contributed by atoms with Gasteiger partial charge in [-0.1, -0.05) is 0 Å². The van der Waals surface area contributed by atoms with E-state index in [1.54, 1.807) is 0 Å². The number of halogens is 3. The van der Waals surface area contributed by atoms with E-state index in [1.165, 1.54) is 0 Å². The van der Waals surface area contributed by atoms with Gasteiger partial charge in [0.1, 0.15) is 24.4 Å². The Kier molecular flexibility index (Phi) is 5.83. The van der Waals surface area contributed by atoms with Crippen molar-refractivity contribution < 1.29 is 48.3 Å². The molecular formula is C8H11F3O7. The summed E-state index contributed by atoms with van der Waals surface area (Å²) >= 11 is 0. The Morgan fingerprint density at radius 3 is 1.78 bits per heavy atom. The third-order valence-electron chi connectivity index (χ3n) is 2.00. The molecule has 18 heavy (non-hydrogen) atoms. The van der Waals surface area contributed by atoms with Crippen LogP contribution in [0.15, 0.2) is 0 Å². The second kappa shape index (κ2) is 6.20. The van der Waals surface area contributed by atoms with Crippen LogP contribution in [0.25, 0.3) is 0 Å². The van der Waals surface area contributed by atoms with E-state index >= 15 is 0 Å². The third kappa shape index (κ3) is 3.99. The minimum atomic E-state index is -5.53. The molecule has 0 saturated carbocycles. The van der Waals surface area contributed by atoms with E-state index in [-0.39, 0.29) is 0 Å². The second-order valence-electron chi connectivity index (χ2n) is 3.37. The molecule has 0 unspecified atom stereocenters. The molecule has 7 nitrogen and oxygen atoms in total. The Labute approximate surface area is 98.1 Å². The lowest BCUT2D eigenvalue weighted by Gasteiger charge is -2.24. The highest BCUT2D eigenvalue weighted by Crippen LogP contribution is 2.18. The standard InChI is InChI=1S/C8H11F3O7/c9-8(10,11)7(18)6(17)5(16)4(15)3(14)2(13)1-12/h2-5,12-16H,1H2/t2-,3+,4+,5-/m1/s1. The van der Waals surface area contributed by atoms with Crippen molar-refractivity contribution >= 4 is 11.6 Å². The first-order valence-corrected chi connectivity index (χ1v) is 4.52. The molecule has 0 aliphatic rings. The van der Waals surface area contributed by atoms with Gasteiger partial charge in [0.25, 0.3) is 0 Å². The predicted molar refractivity (Wildman–Crippen MR) is 47.2 cm³/mol. The lowest BCUT2D eigenvalue weighted by atomic mass is 9.98. The highest BCUT2D eigenvalue weighted by molar-refractivity contribution is 6.41. The Morgan fingerprint density at radius 2 is 1.44 bits per heavy atom. The van der Waals surface area contributed by atoms with E-state index in [0.29, 0.717) is 0 Å². The molecule has 0 aromatic rings. The minimum absolute atomic E-state index is 1.08. The van der Waals surface area contributed by atoms with Crippen molar-refractivity contribution in [2.45, 2.75) is 30.6 Å². The van der Waals surface area contributed by atoms with Crippen LogP contribution in [-0.2, 0) is 9.59 Å². The van der Waals surface area contributed by atoms with Crippen LogP contribution in [0, 0.1) is 0 Å². The maximum absolute atomic E-state index is 11.8. The van der Waals surface area contributed by atoms with Crippen molar-refractivity contribution in [3.63, 3.8) is 0 Å². The van der Waals surface area contributed by atoms with Crippen LogP contribution in [0.1, 0.15) is 0 Å². The van der Waals surface area contributed by atoms with Crippen molar-refractivity contribution in [2.24, 2.45) is 0 Å². The first-order valence-electron chi connectivity index (χ1n) is 4.52. The molecule has 10 heteroatoms. The van der Waals surface area contributed by atoms with E-state index in [1.807, 2.05) is 0 Å². The van der Waals surface area contributed by atoms with Crippen LogP contribution in [0.3, 0.4) is 0 Å². The van der Waals surface area contributed by atoms with Gasteiger partial charge in [-0.05, 0) is 0 Å². The van der Waals surface area contributed by atoms with E-state index in [0.717, 1.165) is 0 Å². The Hall–Kier alpha value is -1.07. The van der Waals surface area contributed by atoms with Crippen molar-refractivity contribution in [3.05, 3.63) is 0 Å². The summed E-state index contributed by atoms with van der Waals surface area (Å²) in [7, 11) is 0. The van der Waals surface area contributed by atoms with E-state index < -0.39 is 48.8 Å². The molecule has 5 N–H and O–H groups in total. The highest BCUT2D eigenvalue weighted by Gasteiger charge is 2.48. The fourth-order valence-electron chi connectivity index (χ4n) is 0.951. The summed E-state index contributed by atoms with van der Waals surface area (Å²) in [5.41, 5.74) is 0. The van der Waals surface area contributed by atoms with Gasteiger partial charge in [0.05, 0.1) is 6.61 Å². The highest BCUT2D eigenvalue weighted by atomic mass is 19.4. The zero-order valence-corrected chi connectivity index (χ0v) is 8.70. The number of Topliss-reactive ketones (excluding diaryl/α,β-unsaturated/α-hetero) is 2. The quantitative estimate of drug-likeness (QED) is 0.329. The van der Waals surface area contributed by atoms with Gasteiger partial charge in [0.2, 0.25) is 5.78 Å². The van der Waals surface area contributed by atoms with Crippen LogP contribution in [0.4, 0.5) is 13.2 Å². The van der Waals surface area contributed by atoms with Gasteiger partial charge in [-0.15, -0.1) is 0 Å². The number of ketones is 2. The molecule has 0 rings (SSSR count). The summed E-state index contributed by atoms with van der Waals surface area (Å²) in [5, 5.41) is 44.3. The van der Waals surface area contributed by atoms with Crippen molar-refractivity contribution in [1.82, 2.24) is 0 Å². The van der Waals surface area contributed by atoms with Gasteiger partial charge in [0.15, 0.2) is 0 Å². The number of rotatable bonds is 6. The van der Waals surface area contributed by atoms with E-state index in [4.69, 9.17) is 25.5 Å². The maximum atomic E-state index is 11.8. The average molecular weight is 276 g/mol. The third-order valence-corrected chi connectivity index (χ3v) is 2.00. The fourth-order valence-corrected chi connectivity index (χ4v) is 0.951. The molecule has 0 aromatic carbocycles. The number of carbonyl (C=O) groups excluding carboxylic acids is 2. The first-order chi connectivity index (χ1) is 8.03. The van der Waals surface area contributed by atoms with Crippen molar-refractivity contribution in [3.8, 4) is 0 Å². The van der Waals surface area contributed by atoms with Crippen LogP contribution >= 0.6 is 0 Å². The molecule has 0 radical (unpaired) electrons. The molecule has 0 bridgehead atoms. The Bertz CT molecular complexity index is 316. The summed E-state index contributed by atoms with van der Waals surface area (Å²) < 4.78 is 35.5. The Morgan fingerprint density at radius 1 is 1.00 bits per heavy atom. The molecule has 0 amide bonds. The van der Waals surface area contributed by atoms with E-state index in [2.05, 4.69) is 0 Å². The number of aliphatic hydroxyl groups excluding tert-OH is 5. The first kappa shape index (κ1) is 16.9. The molecule has 0 aliphatic carbocycles. The molecule has 0 aromatic heterocycles. The van der Waals surface area contributed by atoms with Crippen LogP contribution in [-0.4, -0.2) is 74.3 Å². The summed E-state index contributed by atoms with van der Waals surface area (Å²) in [6.07, 6.45) is -15.2. The summed E-state index contributed by atoms with van der Waals surface area (Å²) in [5.74, 6) is -5.28. The molecule has 0 heterocycles. The zero-order valence-electron chi connectivity index (χ0n) is 8.70. The number of carbonyl (C=O) groups is 2. The van der Waals surface area contributed by atoms with Crippen molar-refractivity contribution in [1.29, 1.82) is 0 Å². The second-order valence-corrected chi connectivity index (χ2v) is 3.37. The van der Waals surface area contributed by atoms with Crippen LogP contribution < -0.4 is 0 Å². The molecule has 0 spiro atoms. The summed E-state index contributed by atoms with van der Waals surface area (Å²) in [6.45, 7) is -1.08. The van der Waals surface area contributed by atoms with Crippen LogP contribution in [0.2, 0.25) is 0 Å². The molecule has 0 saturated heterocycles. The molecule has 0 aliphatic heterocycles. The molecule has 4 atom stereocenters. The number of alkyl halides is 3. The van der Waals surface area contributed by atoms with E-state index in [9.17, 15) is 22.8 Å². The monoisotopic (exact) mass is 276 g/mol. The normalized spacial score (nSPS) is 18.9. The van der Waals surface area contributed by atoms with Gasteiger partial charge >= 0.3 is 12.0 Å². The zero-order chi connectivity index (χ0) is 14.7. The van der Waals surface area contributed by atoms with Crippen LogP contribution in [0.5, 0.6) is 0 Å². The van der Waals surface area contributed by atoms with Gasteiger partial charge in [-0.3, -0.25) is 9.59 Å². The number of hydrogen-bond acceptors (Lipinski definition) is 7. The minimum Gasteiger partial charge on any atom is -0.394 e. The SMILES string of the molecule is O=C(C(=O)C(F)(F)F)[C@H](O)[C@@H](O)[C@@H](O)[C@H](O)CO. The summed E-state index contributed by atoms with van der Waals surface area (Å²) in [6, 6.07) is 0. The summed E-state index contributed by atoms with van der Waals surface area (Å²) in [4.78, 5) is 21.2.